The highest BCUT2D eigenvalue weighted by atomic mass is 79.9. The van der Waals surface area contributed by atoms with Gasteiger partial charge in [-0.2, -0.15) is 0 Å². The van der Waals surface area contributed by atoms with E-state index in [9.17, 15) is 5.11 Å². The standard InChI is InChI=1S/C19H29BrN2O.2ClH/c20-17-7-5-6-16(14-17)18(15-22-12-10-21-11-13-22)19(23)8-3-1-2-4-9-19;;/h5-7,14,18,21,23H,1-4,8-13,15H2;2*1H. The molecule has 1 saturated heterocycles. The quantitative estimate of drug-likeness (QED) is 0.664. The molecule has 1 aliphatic carbocycles. The molecule has 0 amide bonds. The van der Waals surface area contributed by atoms with Gasteiger partial charge in [0.25, 0.3) is 0 Å². The van der Waals surface area contributed by atoms with Crippen LogP contribution in [0.5, 0.6) is 0 Å². The normalized spacial score (nSPS) is 22.2. The van der Waals surface area contributed by atoms with Crippen LogP contribution in [0.2, 0.25) is 0 Å². The maximum absolute atomic E-state index is 11.5. The number of nitrogens with one attached hydrogen (secondary N) is 1. The minimum atomic E-state index is -0.553. The van der Waals surface area contributed by atoms with Crippen LogP contribution in [0, 0.1) is 0 Å². The molecular formula is C19H31BrCl2N2O. The highest BCUT2D eigenvalue weighted by Crippen LogP contribution is 2.40. The zero-order valence-corrected chi connectivity index (χ0v) is 18.0. The lowest BCUT2D eigenvalue weighted by molar-refractivity contribution is -0.0144. The molecule has 1 aromatic rings. The molecule has 2 aliphatic rings. The van der Waals surface area contributed by atoms with Crippen molar-refractivity contribution in [3.63, 3.8) is 0 Å². The minimum absolute atomic E-state index is 0. The zero-order valence-electron chi connectivity index (χ0n) is 14.8. The molecule has 0 radical (unpaired) electrons. The van der Waals surface area contributed by atoms with Gasteiger partial charge >= 0.3 is 0 Å². The first kappa shape index (κ1) is 23.2. The molecule has 1 aromatic carbocycles. The van der Waals surface area contributed by atoms with Gasteiger partial charge in [0.05, 0.1) is 5.60 Å². The monoisotopic (exact) mass is 452 g/mol. The smallest absolute Gasteiger partial charge is 0.0728 e. The Morgan fingerprint density at radius 3 is 2.32 bits per heavy atom. The van der Waals surface area contributed by atoms with Crippen molar-refractivity contribution in [2.75, 3.05) is 32.7 Å². The summed E-state index contributed by atoms with van der Waals surface area (Å²) in [5, 5.41) is 15.0. The van der Waals surface area contributed by atoms with Gasteiger partial charge in [-0.3, -0.25) is 0 Å². The number of hydrogen-bond donors (Lipinski definition) is 2. The van der Waals surface area contributed by atoms with E-state index in [2.05, 4.69) is 50.4 Å². The van der Waals surface area contributed by atoms with E-state index in [0.29, 0.717) is 0 Å². The van der Waals surface area contributed by atoms with E-state index in [0.717, 1.165) is 62.9 Å². The summed E-state index contributed by atoms with van der Waals surface area (Å²) in [4.78, 5) is 2.52. The van der Waals surface area contributed by atoms with Crippen molar-refractivity contribution in [1.29, 1.82) is 0 Å². The van der Waals surface area contributed by atoms with Crippen LogP contribution in [0.25, 0.3) is 0 Å². The molecule has 1 unspecified atom stereocenters. The number of rotatable bonds is 4. The van der Waals surface area contributed by atoms with Crippen molar-refractivity contribution >= 4 is 40.7 Å². The maximum Gasteiger partial charge on any atom is 0.0728 e. The molecule has 1 atom stereocenters. The first-order valence-electron chi connectivity index (χ1n) is 9.08. The Labute approximate surface area is 172 Å². The van der Waals surface area contributed by atoms with Gasteiger partial charge < -0.3 is 15.3 Å². The van der Waals surface area contributed by atoms with Gasteiger partial charge in [0.1, 0.15) is 0 Å². The van der Waals surface area contributed by atoms with E-state index in [1.165, 1.54) is 18.4 Å². The summed E-state index contributed by atoms with van der Waals surface area (Å²) in [5.74, 6) is 0.205. The third-order valence-electron chi connectivity index (χ3n) is 5.52. The molecule has 0 spiro atoms. The Balaban J connectivity index is 0.00000156. The number of aliphatic hydroxyl groups is 1. The third kappa shape index (κ3) is 6.37. The largest absolute Gasteiger partial charge is 0.389 e. The molecule has 1 aliphatic heterocycles. The molecule has 0 aromatic heterocycles. The Kier molecular flexibility index (Phi) is 10.3. The van der Waals surface area contributed by atoms with Crippen LogP contribution in [0.3, 0.4) is 0 Å². The van der Waals surface area contributed by atoms with Crippen molar-refractivity contribution in [1.82, 2.24) is 10.2 Å². The average Bonchev–Trinajstić information content (AvgIpc) is 2.79. The second kappa shape index (κ2) is 11.1. The van der Waals surface area contributed by atoms with E-state index in [1.54, 1.807) is 0 Å². The number of halogens is 3. The van der Waals surface area contributed by atoms with E-state index < -0.39 is 5.60 Å². The maximum atomic E-state index is 11.5. The zero-order chi connectivity index (χ0) is 16.1. The van der Waals surface area contributed by atoms with Gasteiger partial charge in [-0.05, 0) is 30.5 Å². The van der Waals surface area contributed by atoms with Crippen LogP contribution in [-0.2, 0) is 0 Å². The first-order chi connectivity index (χ1) is 11.2. The minimum Gasteiger partial charge on any atom is -0.389 e. The highest BCUT2D eigenvalue weighted by Gasteiger charge is 2.38. The molecule has 2 N–H and O–H groups in total. The first-order valence-corrected chi connectivity index (χ1v) is 9.88. The summed E-state index contributed by atoms with van der Waals surface area (Å²) in [7, 11) is 0. The van der Waals surface area contributed by atoms with Gasteiger partial charge in [-0.1, -0.05) is 53.7 Å². The molecular weight excluding hydrogens is 423 g/mol. The Morgan fingerprint density at radius 2 is 1.72 bits per heavy atom. The van der Waals surface area contributed by atoms with Gasteiger partial charge in [0.15, 0.2) is 0 Å². The van der Waals surface area contributed by atoms with Crippen LogP contribution in [0.4, 0.5) is 0 Å². The van der Waals surface area contributed by atoms with Gasteiger partial charge in [-0.25, -0.2) is 0 Å². The van der Waals surface area contributed by atoms with Crippen LogP contribution in [-0.4, -0.2) is 48.3 Å². The van der Waals surface area contributed by atoms with E-state index >= 15 is 0 Å². The number of nitrogens with zero attached hydrogens (tertiary/aromatic N) is 1. The van der Waals surface area contributed by atoms with E-state index in [-0.39, 0.29) is 30.7 Å². The third-order valence-corrected chi connectivity index (χ3v) is 6.01. The Bertz CT molecular complexity index is 504. The van der Waals surface area contributed by atoms with Crippen molar-refractivity contribution in [2.45, 2.75) is 50.0 Å². The molecule has 1 heterocycles. The fourth-order valence-electron chi connectivity index (χ4n) is 4.15. The highest BCUT2D eigenvalue weighted by molar-refractivity contribution is 9.10. The van der Waals surface area contributed by atoms with Gasteiger partial charge in [-0.15, -0.1) is 24.8 Å². The topological polar surface area (TPSA) is 35.5 Å². The van der Waals surface area contributed by atoms with Crippen molar-refractivity contribution in [3.05, 3.63) is 34.3 Å². The number of hydrogen-bond acceptors (Lipinski definition) is 3. The summed E-state index contributed by atoms with van der Waals surface area (Å²) >= 11 is 3.61. The lowest BCUT2D eigenvalue weighted by Gasteiger charge is -2.40. The fraction of sp³-hybridized carbons (Fsp3) is 0.684. The average molecular weight is 454 g/mol. The summed E-state index contributed by atoms with van der Waals surface area (Å²) in [6.45, 7) is 5.25. The molecule has 2 fully saturated rings. The Morgan fingerprint density at radius 1 is 1.08 bits per heavy atom. The molecule has 3 rings (SSSR count). The second-order valence-corrected chi connectivity index (χ2v) is 8.09. The molecule has 6 heteroatoms. The van der Waals surface area contributed by atoms with E-state index in [1.807, 2.05) is 0 Å². The molecule has 1 saturated carbocycles. The van der Waals surface area contributed by atoms with Crippen LogP contribution in [0.15, 0.2) is 28.7 Å². The second-order valence-electron chi connectivity index (χ2n) is 7.18. The predicted octanol–water partition coefficient (Wildman–Crippen LogP) is 4.37. The molecule has 25 heavy (non-hydrogen) atoms. The fourth-order valence-corrected chi connectivity index (χ4v) is 4.57. The lowest BCUT2D eigenvalue weighted by Crippen LogP contribution is -2.49. The summed E-state index contributed by atoms with van der Waals surface area (Å²) in [6.07, 6.45) is 6.72. The van der Waals surface area contributed by atoms with Crippen LogP contribution < -0.4 is 5.32 Å². The van der Waals surface area contributed by atoms with Crippen molar-refractivity contribution in [3.8, 4) is 0 Å². The van der Waals surface area contributed by atoms with Gasteiger partial charge in [0.2, 0.25) is 0 Å². The van der Waals surface area contributed by atoms with Crippen LogP contribution in [0.1, 0.15) is 50.0 Å². The summed E-state index contributed by atoms with van der Waals surface area (Å²) in [5.41, 5.74) is 0.727. The summed E-state index contributed by atoms with van der Waals surface area (Å²) < 4.78 is 1.11. The predicted molar refractivity (Wildman–Crippen MR) is 113 cm³/mol. The number of benzene rings is 1. The van der Waals surface area contributed by atoms with Crippen LogP contribution >= 0.6 is 40.7 Å². The summed E-state index contributed by atoms with van der Waals surface area (Å²) in [6, 6.07) is 8.57. The SMILES string of the molecule is Cl.Cl.OC1(C(CN2CCNCC2)c2cccc(Br)c2)CCCCCC1. The molecule has 0 bridgehead atoms. The van der Waals surface area contributed by atoms with Crippen molar-refractivity contribution in [2.24, 2.45) is 0 Å². The Hall–Kier alpha value is 0.160. The molecule has 144 valence electrons. The number of piperazine rings is 1. The lowest BCUT2D eigenvalue weighted by atomic mass is 9.76. The molecule has 3 nitrogen and oxygen atoms in total. The van der Waals surface area contributed by atoms with Gasteiger partial charge in [0, 0.05) is 43.1 Å². The van der Waals surface area contributed by atoms with Crippen molar-refractivity contribution < 1.29 is 5.11 Å². The van der Waals surface area contributed by atoms with E-state index in [4.69, 9.17) is 0 Å².